The molecular formula is C15H15BrN2O3S2. The highest BCUT2D eigenvalue weighted by molar-refractivity contribution is 9.10. The van der Waals surface area contributed by atoms with E-state index in [1.165, 1.54) is 11.0 Å². The molecule has 2 rings (SSSR count). The quantitative estimate of drug-likeness (QED) is 0.766. The minimum Gasteiger partial charge on any atom is -0.339 e. The molecule has 2 aromatic carbocycles. The summed E-state index contributed by atoms with van der Waals surface area (Å²) in [7, 11) is -0.384. The second-order valence-electron chi connectivity index (χ2n) is 4.83. The van der Waals surface area contributed by atoms with E-state index in [9.17, 15) is 13.2 Å². The summed E-state index contributed by atoms with van der Waals surface area (Å²) in [6, 6.07) is 13.3. The van der Waals surface area contributed by atoms with E-state index in [0.29, 0.717) is 15.1 Å². The number of nitrogens with zero attached hydrogens (tertiary/aromatic N) is 1. The van der Waals surface area contributed by atoms with E-state index < -0.39 is 10.0 Å². The number of amides is 1. The lowest BCUT2D eigenvalue weighted by Gasteiger charge is -2.12. The topological polar surface area (TPSA) is 66.5 Å². The van der Waals surface area contributed by atoms with E-state index in [2.05, 4.69) is 20.7 Å². The Morgan fingerprint density at radius 2 is 1.83 bits per heavy atom. The van der Waals surface area contributed by atoms with Crippen LogP contribution in [0.1, 0.15) is 0 Å². The molecule has 122 valence electrons. The molecule has 0 unspecified atom stereocenters. The van der Waals surface area contributed by atoms with Gasteiger partial charge in [0.2, 0.25) is 0 Å². The molecule has 1 amide bonds. The fraction of sp³-hybridized carbons (Fsp3) is 0.133. The van der Waals surface area contributed by atoms with Gasteiger partial charge < -0.3 is 4.90 Å². The number of thioether (sulfide) groups is 1. The number of sulfonamides is 1. The number of rotatable bonds is 4. The van der Waals surface area contributed by atoms with E-state index in [1.807, 2.05) is 0 Å². The summed E-state index contributed by atoms with van der Waals surface area (Å²) >= 11 is 4.27. The van der Waals surface area contributed by atoms with Gasteiger partial charge in [-0.1, -0.05) is 18.2 Å². The van der Waals surface area contributed by atoms with Crippen LogP contribution in [0.15, 0.2) is 62.8 Å². The molecule has 0 heterocycles. The van der Waals surface area contributed by atoms with Crippen molar-refractivity contribution in [1.82, 2.24) is 4.90 Å². The molecule has 0 atom stereocenters. The van der Waals surface area contributed by atoms with Crippen LogP contribution in [0.3, 0.4) is 0 Å². The molecule has 0 aliphatic heterocycles. The van der Waals surface area contributed by atoms with Crippen molar-refractivity contribution in [3.8, 4) is 0 Å². The monoisotopic (exact) mass is 414 g/mol. The van der Waals surface area contributed by atoms with Crippen LogP contribution in [0.25, 0.3) is 0 Å². The fourth-order valence-corrected chi connectivity index (χ4v) is 4.46. The van der Waals surface area contributed by atoms with Crippen molar-refractivity contribution in [2.75, 3.05) is 18.8 Å². The predicted octanol–water partition coefficient (Wildman–Crippen LogP) is 4.02. The van der Waals surface area contributed by atoms with Gasteiger partial charge in [0, 0.05) is 29.2 Å². The molecule has 0 saturated heterocycles. The summed E-state index contributed by atoms with van der Waals surface area (Å²) in [4.78, 5) is 14.0. The Bertz CT molecular complexity index is 823. The number of anilines is 1. The van der Waals surface area contributed by atoms with E-state index >= 15 is 0 Å². The first kappa shape index (κ1) is 17.8. The number of hydrogen-bond acceptors (Lipinski definition) is 4. The molecule has 2 aromatic rings. The maximum atomic E-state index is 12.4. The minimum absolute atomic E-state index is 0.129. The standard InChI is InChI=1S/C15H15BrN2O3S2/c1-18(2)15(19)22-12-7-5-6-11(10-12)17-23(20,21)14-9-4-3-8-13(14)16/h3-10,17H,1-2H3. The first-order valence-electron chi connectivity index (χ1n) is 6.56. The molecular weight excluding hydrogens is 400 g/mol. The molecule has 0 aromatic heterocycles. The highest BCUT2D eigenvalue weighted by Crippen LogP contribution is 2.27. The number of nitrogens with one attached hydrogen (secondary N) is 1. The number of halogens is 1. The summed E-state index contributed by atoms with van der Waals surface area (Å²) in [6.07, 6.45) is 0. The number of hydrogen-bond donors (Lipinski definition) is 1. The van der Waals surface area contributed by atoms with Crippen LogP contribution in [0.5, 0.6) is 0 Å². The van der Waals surface area contributed by atoms with Gasteiger partial charge in [0.25, 0.3) is 15.3 Å². The summed E-state index contributed by atoms with van der Waals surface area (Å²) in [5.41, 5.74) is 0.400. The first-order valence-corrected chi connectivity index (χ1v) is 9.65. The third-order valence-electron chi connectivity index (χ3n) is 2.78. The highest BCUT2D eigenvalue weighted by Gasteiger charge is 2.17. The van der Waals surface area contributed by atoms with Crippen molar-refractivity contribution in [1.29, 1.82) is 0 Å². The molecule has 0 aliphatic carbocycles. The van der Waals surface area contributed by atoms with Crippen molar-refractivity contribution in [2.45, 2.75) is 9.79 Å². The zero-order valence-electron chi connectivity index (χ0n) is 12.5. The summed E-state index contributed by atoms with van der Waals surface area (Å²) in [6.45, 7) is 0. The zero-order chi connectivity index (χ0) is 17.0. The smallest absolute Gasteiger partial charge is 0.285 e. The zero-order valence-corrected chi connectivity index (χ0v) is 15.7. The molecule has 0 bridgehead atoms. The molecule has 0 saturated carbocycles. The SMILES string of the molecule is CN(C)C(=O)Sc1cccc(NS(=O)(=O)c2ccccc2Br)c1. The van der Waals surface area contributed by atoms with Crippen molar-refractivity contribution in [3.63, 3.8) is 0 Å². The lowest BCUT2D eigenvalue weighted by atomic mass is 10.3. The number of benzene rings is 2. The van der Waals surface area contributed by atoms with Crippen LogP contribution in [-0.4, -0.2) is 32.7 Å². The summed E-state index contributed by atoms with van der Waals surface area (Å²) < 4.78 is 27.9. The van der Waals surface area contributed by atoms with Gasteiger partial charge in [0.05, 0.1) is 0 Å². The Kier molecular flexibility index (Phi) is 5.72. The molecule has 0 aliphatic rings. The maximum Gasteiger partial charge on any atom is 0.285 e. The van der Waals surface area contributed by atoms with Crippen LogP contribution in [0.2, 0.25) is 0 Å². The van der Waals surface area contributed by atoms with Crippen LogP contribution in [0.4, 0.5) is 10.5 Å². The second-order valence-corrected chi connectivity index (χ2v) is 8.36. The fourth-order valence-electron chi connectivity index (χ4n) is 1.69. The molecule has 23 heavy (non-hydrogen) atoms. The van der Waals surface area contributed by atoms with Crippen LogP contribution in [-0.2, 0) is 10.0 Å². The van der Waals surface area contributed by atoms with Gasteiger partial charge in [0.1, 0.15) is 4.90 Å². The summed E-state index contributed by atoms with van der Waals surface area (Å²) in [5.74, 6) is 0. The van der Waals surface area contributed by atoms with Crippen molar-refractivity contribution in [2.24, 2.45) is 0 Å². The summed E-state index contributed by atoms with van der Waals surface area (Å²) in [5, 5.41) is -0.129. The Hall–Kier alpha value is -1.51. The number of carbonyl (C=O) groups is 1. The average Bonchev–Trinajstić information content (AvgIpc) is 2.47. The largest absolute Gasteiger partial charge is 0.339 e. The second kappa shape index (κ2) is 7.37. The molecule has 0 spiro atoms. The Morgan fingerprint density at radius 1 is 1.13 bits per heavy atom. The van der Waals surface area contributed by atoms with E-state index in [-0.39, 0.29) is 10.1 Å². The van der Waals surface area contributed by atoms with Gasteiger partial charge in [-0.05, 0) is 58.0 Å². The molecule has 0 fully saturated rings. The highest BCUT2D eigenvalue weighted by atomic mass is 79.9. The minimum atomic E-state index is -3.71. The van der Waals surface area contributed by atoms with E-state index in [4.69, 9.17) is 0 Å². The Balaban J connectivity index is 2.24. The lowest BCUT2D eigenvalue weighted by Crippen LogP contribution is -2.16. The molecule has 0 radical (unpaired) electrons. The average molecular weight is 415 g/mol. The van der Waals surface area contributed by atoms with Crippen molar-refractivity contribution < 1.29 is 13.2 Å². The van der Waals surface area contributed by atoms with Crippen molar-refractivity contribution >= 4 is 48.6 Å². The number of carbonyl (C=O) groups excluding carboxylic acids is 1. The van der Waals surface area contributed by atoms with Crippen LogP contribution in [0, 0.1) is 0 Å². The molecule has 8 heteroatoms. The van der Waals surface area contributed by atoms with E-state index in [0.717, 1.165) is 11.8 Å². The Morgan fingerprint density at radius 3 is 2.48 bits per heavy atom. The van der Waals surface area contributed by atoms with Crippen LogP contribution >= 0.6 is 27.7 Å². The van der Waals surface area contributed by atoms with E-state index in [1.54, 1.807) is 56.6 Å². The first-order chi connectivity index (χ1) is 10.8. The van der Waals surface area contributed by atoms with Gasteiger partial charge >= 0.3 is 0 Å². The Labute approximate surface area is 148 Å². The maximum absolute atomic E-state index is 12.4. The predicted molar refractivity (Wildman–Crippen MR) is 96.3 cm³/mol. The molecule has 1 N–H and O–H groups in total. The van der Waals surface area contributed by atoms with Gasteiger partial charge in [-0.25, -0.2) is 8.42 Å². The third-order valence-corrected chi connectivity index (χ3v) is 6.21. The normalized spacial score (nSPS) is 11.1. The van der Waals surface area contributed by atoms with Gasteiger partial charge in [-0.3, -0.25) is 9.52 Å². The third kappa shape index (κ3) is 4.73. The van der Waals surface area contributed by atoms with Crippen molar-refractivity contribution in [3.05, 3.63) is 53.0 Å². The van der Waals surface area contributed by atoms with Gasteiger partial charge in [-0.15, -0.1) is 0 Å². The van der Waals surface area contributed by atoms with Gasteiger partial charge in [-0.2, -0.15) is 0 Å². The van der Waals surface area contributed by atoms with Gasteiger partial charge in [0.15, 0.2) is 0 Å². The van der Waals surface area contributed by atoms with Crippen LogP contribution < -0.4 is 4.72 Å². The molecule has 5 nitrogen and oxygen atoms in total. The lowest BCUT2D eigenvalue weighted by molar-refractivity contribution is 0.241.